The largest absolute Gasteiger partial charge is 0.493 e. The van der Waals surface area contributed by atoms with Gasteiger partial charge in [-0.15, -0.1) is 0 Å². The number of nitrogens with zero attached hydrogens (tertiary/aromatic N) is 3. The van der Waals surface area contributed by atoms with Crippen molar-refractivity contribution in [3.8, 4) is 5.88 Å². The van der Waals surface area contributed by atoms with Gasteiger partial charge in [-0.2, -0.15) is 9.61 Å². The summed E-state index contributed by atoms with van der Waals surface area (Å²) in [4.78, 5) is 4.43. The zero-order chi connectivity index (χ0) is 16.7. The van der Waals surface area contributed by atoms with Crippen LogP contribution in [0.4, 0.5) is 13.2 Å². The van der Waals surface area contributed by atoms with Gasteiger partial charge in [0, 0.05) is 18.1 Å². The molecule has 0 aliphatic heterocycles. The van der Waals surface area contributed by atoms with Gasteiger partial charge in [0.05, 0.1) is 11.9 Å². The van der Waals surface area contributed by atoms with E-state index in [4.69, 9.17) is 0 Å². The number of aromatic hydroxyl groups is 1. The molecule has 0 spiro atoms. The maximum Gasteiger partial charge on any atom is 0.219 e. The number of halogens is 3. The van der Waals surface area contributed by atoms with E-state index in [0.29, 0.717) is 16.9 Å². The topological polar surface area (TPSA) is 50.4 Å². The van der Waals surface area contributed by atoms with Gasteiger partial charge in [-0.3, -0.25) is 0 Å². The number of rotatable bonds is 3. The average molecular weight is 321 g/mol. The molecule has 1 N–H and O–H groups in total. The standard InChI is InChI=1S/C16H14F3N3O/c1-8(2)15-10(16(23)22-13(21-15)3-4-20-22)5-9-6-11(17)14(19)12(18)7-9/h3-4,6-8,23H,5H2,1-2H3. The predicted octanol–water partition coefficient (Wildman–Crippen LogP) is 3.57. The molecule has 0 unspecified atom stereocenters. The highest BCUT2D eigenvalue weighted by molar-refractivity contribution is 5.47. The van der Waals surface area contributed by atoms with Crippen LogP contribution in [0.1, 0.15) is 36.6 Å². The lowest BCUT2D eigenvalue weighted by Gasteiger charge is -2.15. The van der Waals surface area contributed by atoms with Gasteiger partial charge in [0.25, 0.3) is 0 Å². The fourth-order valence-corrected chi connectivity index (χ4v) is 2.54. The Labute approximate surface area is 130 Å². The van der Waals surface area contributed by atoms with Crippen molar-refractivity contribution < 1.29 is 18.3 Å². The third-order valence-corrected chi connectivity index (χ3v) is 3.61. The summed E-state index contributed by atoms with van der Waals surface area (Å²) in [5, 5.41) is 14.4. The van der Waals surface area contributed by atoms with Crippen LogP contribution in [0.25, 0.3) is 5.65 Å². The normalized spacial score (nSPS) is 11.6. The molecule has 7 heteroatoms. The zero-order valence-electron chi connectivity index (χ0n) is 12.5. The lowest BCUT2D eigenvalue weighted by atomic mass is 9.98. The molecule has 1 aromatic carbocycles. The Balaban J connectivity index is 2.15. The molecule has 0 saturated heterocycles. The zero-order valence-corrected chi connectivity index (χ0v) is 12.5. The third kappa shape index (κ3) is 2.62. The van der Waals surface area contributed by atoms with Crippen LogP contribution < -0.4 is 0 Å². The minimum atomic E-state index is -1.51. The summed E-state index contributed by atoms with van der Waals surface area (Å²) >= 11 is 0. The Kier molecular flexibility index (Phi) is 3.71. The lowest BCUT2D eigenvalue weighted by Crippen LogP contribution is -2.07. The number of benzene rings is 1. The average Bonchev–Trinajstić information content (AvgIpc) is 2.96. The summed E-state index contributed by atoms with van der Waals surface area (Å²) in [7, 11) is 0. The first-order valence-electron chi connectivity index (χ1n) is 7.07. The fraction of sp³-hybridized carbons (Fsp3) is 0.250. The van der Waals surface area contributed by atoms with Crippen molar-refractivity contribution in [3.05, 3.63) is 58.7 Å². The summed E-state index contributed by atoms with van der Waals surface area (Å²) in [6.45, 7) is 3.79. The van der Waals surface area contributed by atoms with Gasteiger partial charge < -0.3 is 5.11 Å². The van der Waals surface area contributed by atoms with Crippen molar-refractivity contribution in [2.75, 3.05) is 0 Å². The first-order chi connectivity index (χ1) is 10.9. The predicted molar refractivity (Wildman–Crippen MR) is 77.9 cm³/mol. The van der Waals surface area contributed by atoms with Crippen LogP contribution in [-0.4, -0.2) is 19.7 Å². The smallest absolute Gasteiger partial charge is 0.219 e. The van der Waals surface area contributed by atoms with E-state index in [1.807, 2.05) is 13.8 Å². The molecule has 0 bridgehead atoms. The van der Waals surface area contributed by atoms with Crippen molar-refractivity contribution in [2.24, 2.45) is 0 Å². The van der Waals surface area contributed by atoms with E-state index in [0.717, 1.165) is 12.1 Å². The van der Waals surface area contributed by atoms with Crippen LogP contribution in [0.3, 0.4) is 0 Å². The summed E-state index contributed by atoms with van der Waals surface area (Å²) in [5.74, 6) is -4.21. The van der Waals surface area contributed by atoms with Gasteiger partial charge in [0.15, 0.2) is 23.1 Å². The summed E-state index contributed by atoms with van der Waals surface area (Å²) in [6, 6.07) is 3.47. The first kappa shape index (κ1) is 15.3. The van der Waals surface area contributed by atoms with Gasteiger partial charge in [-0.1, -0.05) is 13.8 Å². The molecule has 3 rings (SSSR count). The summed E-state index contributed by atoms with van der Waals surface area (Å²) < 4.78 is 41.1. The number of fused-ring (bicyclic) bond motifs is 1. The second-order valence-corrected chi connectivity index (χ2v) is 5.61. The quantitative estimate of drug-likeness (QED) is 0.750. The van der Waals surface area contributed by atoms with Crippen molar-refractivity contribution in [1.82, 2.24) is 14.6 Å². The van der Waals surface area contributed by atoms with Crippen LogP contribution in [0, 0.1) is 17.5 Å². The van der Waals surface area contributed by atoms with Gasteiger partial charge >= 0.3 is 0 Å². The van der Waals surface area contributed by atoms with Crippen molar-refractivity contribution in [3.63, 3.8) is 0 Å². The molecule has 0 atom stereocenters. The molecule has 2 heterocycles. The second kappa shape index (κ2) is 5.57. The Morgan fingerprint density at radius 3 is 2.43 bits per heavy atom. The van der Waals surface area contributed by atoms with E-state index in [9.17, 15) is 18.3 Å². The van der Waals surface area contributed by atoms with Crippen LogP contribution in [0.5, 0.6) is 5.88 Å². The molecular weight excluding hydrogens is 307 g/mol. The molecule has 0 fully saturated rings. The van der Waals surface area contributed by atoms with E-state index in [-0.39, 0.29) is 23.8 Å². The molecule has 120 valence electrons. The van der Waals surface area contributed by atoms with Gasteiger partial charge in [-0.05, 0) is 23.6 Å². The van der Waals surface area contributed by atoms with Crippen LogP contribution >= 0.6 is 0 Å². The molecule has 0 amide bonds. The fourth-order valence-electron chi connectivity index (χ4n) is 2.54. The van der Waals surface area contributed by atoms with E-state index < -0.39 is 17.5 Å². The van der Waals surface area contributed by atoms with Gasteiger partial charge in [0.1, 0.15) is 0 Å². The maximum absolute atomic E-state index is 13.4. The number of hydrogen-bond acceptors (Lipinski definition) is 3. The van der Waals surface area contributed by atoms with Crippen LogP contribution in [0.15, 0.2) is 24.4 Å². The van der Waals surface area contributed by atoms with Crippen molar-refractivity contribution in [1.29, 1.82) is 0 Å². The highest BCUT2D eigenvalue weighted by atomic mass is 19.2. The van der Waals surface area contributed by atoms with E-state index in [2.05, 4.69) is 10.1 Å². The molecule has 4 nitrogen and oxygen atoms in total. The van der Waals surface area contributed by atoms with Gasteiger partial charge in [-0.25, -0.2) is 18.2 Å². The second-order valence-electron chi connectivity index (χ2n) is 5.61. The van der Waals surface area contributed by atoms with Gasteiger partial charge in [0.2, 0.25) is 5.88 Å². The highest BCUT2D eigenvalue weighted by Gasteiger charge is 2.19. The SMILES string of the molecule is CC(C)c1nc2ccnn2c(O)c1Cc1cc(F)c(F)c(F)c1. The number of aromatic nitrogens is 3. The maximum atomic E-state index is 13.4. The van der Waals surface area contributed by atoms with Crippen molar-refractivity contribution in [2.45, 2.75) is 26.2 Å². The Morgan fingerprint density at radius 2 is 1.83 bits per heavy atom. The van der Waals surface area contributed by atoms with Crippen LogP contribution in [0.2, 0.25) is 0 Å². The Bertz CT molecular complexity index is 867. The highest BCUT2D eigenvalue weighted by Crippen LogP contribution is 2.29. The monoisotopic (exact) mass is 321 g/mol. The minimum absolute atomic E-state index is 0.0102. The molecule has 23 heavy (non-hydrogen) atoms. The lowest BCUT2D eigenvalue weighted by molar-refractivity contribution is 0.425. The van der Waals surface area contributed by atoms with E-state index in [1.165, 1.54) is 10.7 Å². The van der Waals surface area contributed by atoms with Crippen LogP contribution in [-0.2, 0) is 6.42 Å². The summed E-state index contributed by atoms with van der Waals surface area (Å²) in [5.41, 5.74) is 1.68. The van der Waals surface area contributed by atoms with E-state index >= 15 is 0 Å². The Morgan fingerprint density at radius 1 is 1.17 bits per heavy atom. The molecule has 3 aromatic rings. The first-order valence-corrected chi connectivity index (χ1v) is 7.07. The summed E-state index contributed by atoms with van der Waals surface area (Å²) in [6.07, 6.45) is 1.50. The third-order valence-electron chi connectivity index (χ3n) is 3.61. The van der Waals surface area contributed by atoms with E-state index in [1.54, 1.807) is 6.07 Å². The molecule has 0 aliphatic rings. The molecular formula is C16H14F3N3O. The van der Waals surface area contributed by atoms with Crippen molar-refractivity contribution >= 4 is 5.65 Å². The molecule has 0 aliphatic carbocycles. The Hall–Kier alpha value is -2.57. The molecule has 2 aromatic heterocycles. The molecule has 0 saturated carbocycles. The molecule has 0 radical (unpaired) electrons. The minimum Gasteiger partial charge on any atom is -0.493 e. The number of hydrogen-bond donors (Lipinski definition) is 1.